The number of rotatable bonds is 0. The van der Waals surface area contributed by atoms with Gasteiger partial charge in [-0.25, -0.2) is 0 Å². The van der Waals surface area contributed by atoms with Crippen LogP contribution in [0.3, 0.4) is 0 Å². The van der Waals surface area contributed by atoms with E-state index in [2.05, 4.69) is 64.4 Å². The Bertz CT molecular complexity index is 100. The summed E-state index contributed by atoms with van der Waals surface area (Å²) in [6.45, 7) is 0. The molecule has 0 radical (unpaired) electrons. The zero-order chi connectivity index (χ0) is 7.11. The van der Waals surface area contributed by atoms with E-state index in [-0.39, 0.29) is 12.3 Å². The molecule has 0 saturated heterocycles. The molecule has 0 aliphatic heterocycles. The molecule has 1 rings (SSSR count). The van der Waals surface area contributed by atoms with Gasteiger partial charge in [0.05, 0.1) is 12.5 Å². The van der Waals surface area contributed by atoms with Crippen molar-refractivity contribution in [2.75, 3.05) is 0 Å². The molecular formula is C5H7I3OV-. The van der Waals surface area contributed by atoms with Crippen molar-refractivity contribution in [3.05, 3.63) is 32.1 Å². The minimum atomic E-state index is -0.278. The van der Waals surface area contributed by atoms with Crippen molar-refractivity contribution in [1.82, 2.24) is 0 Å². The Morgan fingerprint density at radius 2 is 1.30 bits per heavy atom. The van der Waals surface area contributed by atoms with Crippen LogP contribution in [-0.4, -0.2) is 0 Å². The number of hydrogen-bond acceptors (Lipinski definition) is 1. The third-order valence-corrected chi connectivity index (χ3v) is 0.425. The molecule has 1 aromatic heterocycles. The van der Waals surface area contributed by atoms with Gasteiger partial charge in [-0.2, -0.15) is 0 Å². The first-order chi connectivity index (χ1) is 4.23. The molecule has 1 aromatic rings. The van der Waals surface area contributed by atoms with Gasteiger partial charge < -0.3 is 11.8 Å². The largest absolute Gasteiger partial charge is 0.473 e. The van der Waals surface area contributed by atoms with Crippen molar-refractivity contribution in [1.29, 1.82) is 0 Å². The van der Waals surface area contributed by atoms with Crippen LogP contribution >= 0.6 is 59.9 Å². The summed E-state index contributed by atoms with van der Waals surface area (Å²) in [7, 11) is 0. The summed E-state index contributed by atoms with van der Waals surface area (Å²) >= 11 is 7.39. The molecule has 5 heteroatoms. The average Bonchev–Trinajstić information content (AvgIpc) is 2.11. The Kier molecular flexibility index (Phi) is 16.1. The zero-order valence-electron chi connectivity index (χ0n) is 5.30. The van der Waals surface area contributed by atoms with E-state index in [1.807, 2.05) is 12.1 Å². The first kappa shape index (κ1) is 14.6. The molecule has 1 heterocycles. The molecule has 1 nitrogen and oxygen atoms in total. The maximum atomic E-state index is 4.58. The van der Waals surface area contributed by atoms with Crippen LogP contribution in [0, 0.1) is 7.43 Å². The van der Waals surface area contributed by atoms with E-state index in [1.165, 1.54) is 0 Å². The van der Waals surface area contributed by atoms with Crippen molar-refractivity contribution in [2.24, 2.45) is 0 Å². The molecule has 0 amide bonds. The van der Waals surface area contributed by atoms with Gasteiger partial charge in [-0.3, -0.25) is 0 Å². The van der Waals surface area contributed by atoms with E-state index in [0.29, 0.717) is 0 Å². The van der Waals surface area contributed by atoms with Crippen molar-refractivity contribution in [3.8, 4) is 0 Å². The Balaban J connectivity index is 0. The van der Waals surface area contributed by atoms with Crippen molar-refractivity contribution < 1.29 is 9.34 Å². The van der Waals surface area contributed by atoms with Gasteiger partial charge in [-0.1, -0.05) is 0 Å². The molecule has 0 unspecified atom stereocenters. The predicted octanol–water partition coefficient (Wildman–Crippen LogP) is 4.38. The fourth-order valence-corrected chi connectivity index (χ4v) is 0.227. The van der Waals surface area contributed by atoms with E-state index in [1.54, 1.807) is 12.5 Å². The summed E-state index contributed by atoms with van der Waals surface area (Å²) in [4.78, 5) is -0.278. The third-order valence-electron chi connectivity index (χ3n) is 0.425. The van der Waals surface area contributed by atoms with Crippen LogP contribution < -0.4 is 0 Å². The quantitative estimate of drug-likeness (QED) is 0.370. The number of halogens is 3. The van der Waals surface area contributed by atoms with Gasteiger partial charge in [-0.15, -0.1) is 0 Å². The van der Waals surface area contributed by atoms with Crippen molar-refractivity contribution >= 4 is 59.9 Å². The molecular weight excluding hydrogens is 508 g/mol. The van der Waals surface area contributed by atoms with Crippen molar-refractivity contribution in [2.45, 2.75) is 0 Å². The van der Waals surface area contributed by atoms with Gasteiger partial charge in [0, 0.05) is 0 Å². The summed E-state index contributed by atoms with van der Waals surface area (Å²) in [5.74, 6) is 0. The first-order valence-corrected chi connectivity index (χ1v) is 15.5. The van der Waals surface area contributed by atoms with Gasteiger partial charge in [0.2, 0.25) is 0 Å². The molecule has 0 atom stereocenters. The molecule has 0 bridgehead atoms. The van der Waals surface area contributed by atoms with Crippen LogP contribution in [0.15, 0.2) is 29.1 Å². The minimum absolute atomic E-state index is 0. The fourth-order valence-electron chi connectivity index (χ4n) is 0.227. The molecule has 0 spiro atoms. The van der Waals surface area contributed by atoms with Crippen LogP contribution in [-0.2, 0) is 4.92 Å². The van der Waals surface area contributed by atoms with E-state index >= 15 is 0 Å². The number of furan rings is 1. The van der Waals surface area contributed by atoms with Crippen LogP contribution in [0.4, 0.5) is 0 Å². The summed E-state index contributed by atoms with van der Waals surface area (Å²) in [5, 5.41) is 0. The topological polar surface area (TPSA) is 13.1 Å². The second-order valence-corrected chi connectivity index (χ2v) is 36.4. The molecule has 0 fully saturated rings. The van der Waals surface area contributed by atoms with E-state index < -0.39 is 0 Å². The molecule has 0 aromatic carbocycles. The minimum Gasteiger partial charge on any atom is -0.473 e. The van der Waals surface area contributed by atoms with Gasteiger partial charge in [0.15, 0.2) is 0 Å². The average molecular weight is 515 g/mol. The third kappa shape index (κ3) is 16.6. The smallest absolute Gasteiger partial charge is 0.0902 e. The van der Waals surface area contributed by atoms with E-state index in [0.717, 1.165) is 0 Å². The Morgan fingerprint density at radius 3 is 1.40 bits per heavy atom. The van der Waals surface area contributed by atoms with E-state index in [9.17, 15) is 0 Å². The molecule has 10 heavy (non-hydrogen) atoms. The van der Waals surface area contributed by atoms with Crippen LogP contribution in [0.25, 0.3) is 0 Å². The molecule has 60 valence electrons. The number of hydrogen-bond donors (Lipinski definition) is 0. The molecule has 0 saturated carbocycles. The Morgan fingerprint density at radius 1 is 1.00 bits per heavy atom. The second kappa shape index (κ2) is 11.1. The predicted molar refractivity (Wildman–Crippen MR) is 67.2 cm³/mol. The van der Waals surface area contributed by atoms with E-state index in [4.69, 9.17) is 0 Å². The van der Waals surface area contributed by atoms with Gasteiger partial charge in [0.25, 0.3) is 0 Å². The van der Waals surface area contributed by atoms with Gasteiger partial charge >= 0.3 is 64.9 Å². The Hall–Kier alpha value is 2.05. The maximum Gasteiger partial charge on any atom is 0.0902 e. The zero-order valence-corrected chi connectivity index (χ0v) is 13.2. The van der Waals surface area contributed by atoms with Gasteiger partial charge in [-0.05, 0) is 12.1 Å². The molecule has 0 aliphatic rings. The monoisotopic (exact) mass is 515 g/mol. The summed E-state index contributed by atoms with van der Waals surface area (Å²) in [6.07, 6.45) is 3.25. The normalized spacial score (nSPS) is 7.60. The summed E-state index contributed by atoms with van der Waals surface area (Å²) in [6, 6.07) is 3.67. The maximum absolute atomic E-state index is 4.58. The van der Waals surface area contributed by atoms with Crippen LogP contribution in [0.5, 0.6) is 0 Å². The molecule has 0 N–H and O–H groups in total. The van der Waals surface area contributed by atoms with Crippen LogP contribution in [0.2, 0.25) is 0 Å². The molecule has 0 aliphatic carbocycles. The summed E-state index contributed by atoms with van der Waals surface area (Å²) in [5.41, 5.74) is 0. The second-order valence-electron chi connectivity index (χ2n) is 0.985. The first-order valence-electron chi connectivity index (χ1n) is 1.98. The summed E-state index contributed by atoms with van der Waals surface area (Å²) < 4.78 is 4.58. The SMILES string of the molecule is [CH3-].[I][V]([I])[I].c1ccoc1. The van der Waals surface area contributed by atoms with Crippen LogP contribution in [0.1, 0.15) is 0 Å². The van der Waals surface area contributed by atoms with Gasteiger partial charge in [0.1, 0.15) is 0 Å². The standard InChI is InChI=1S/C4H4O.CH3.3HI.V/c1-2-4-5-3-1;;;;;/h1-4H;1H3;3*1H;/q;-1;;;;+3/p-3. The van der Waals surface area contributed by atoms with Crippen molar-refractivity contribution in [3.63, 3.8) is 0 Å². The fraction of sp³-hybridized carbons (Fsp3) is 0. The Labute approximate surface area is 99.4 Å².